The van der Waals surface area contributed by atoms with Crippen molar-refractivity contribution in [1.82, 2.24) is 5.32 Å². The lowest BCUT2D eigenvalue weighted by Gasteiger charge is -2.21. The van der Waals surface area contributed by atoms with Gasteiger partial charge in [-0.3, -0.25) is 0 Å². The van der Waals surface area contributed by atoms with Gasteiger partial charge in [-0.05, 0) is 55.5 Å². The molecule has 1 heterocycles. The number of nitrogens with one attached hydrogen (secondary N) is 1. The van der Waals surface area contributed by atoms with Crippen molar-refractivity contribution in [3.05, 3.63) is 53.1 Å². The number of anilines is 1. The summed E-state index contributed by atoms with van der Waals surface area (Å²) in [6.07, 6.45) is -8.76. The lowest BCUT2D eigenvalue weighted by atomic mass is 9.99. The van der Waals surface area contributed by atoms with Crippen LogP contribution in [0.3, 0.4) is 0 Å². The van der Waals surface area contributed by atoms with E-state index in [-0.39, 0.29) is 30.6 Å². The molecule has 0 spiro atoms. The largest absolute Gasteiger partial charge is 0.488 e. The van der Waals surface area contributed by atoms with Crippen molar-refractivity contribution in [3.63, 3.8) is 0 Å². The topological polar surface area (TPSA) is 77.8 Å². The van der Waals surface area contributed by atoms with Gasteiger partial charge in [0.05, 0.1) is 19.5 Å². The molecule has 0 aromatic heterocycles. The number of benzene rings is 2. The molecule has 0 saturated heterocycles. The van der Waals surface area contributed by atoms with E-state index in [4.69, 9.17) is 21.2 Å². The van der Waals surface area contributed by atoms with Crippen LogP contribution in [-0.4, -0.2) is 56.5 Å². The fourth-order valence-corrected chi connectivity index (χ4v) is 3.39. The summed E-state index contributed by atoms with van der Waals surface area (Å²) < 4.78 is 143. The molecule has 3 rings (SSSR count). The normalized spacial score (nSPS) is 21.7. The van der Waals surface area contributed by atoms with E-state index in [1.165, 1.54) is 25.1 Å². The third-order valence-corrected chi connectivity index (χ3v) is 4.69. The Morgan fingerprint density at radius 3 is 2.68 bits per heavy atom. The molecule has 1 aliphatic heterocycles. The van der Waals surface area contributed by atoms with Crippen LogP contribution in [0.25, 0.3) is 0 Å². The number of para-hydroxylation sites is 2. The van der Waals surface area contributed by atoms with Gasteiger partial charge in [-0.2, -0.15) is 18.4 Å². The van der Waals surface area contributed by atoms with E-state index in [1.807, 2.05) is 6.07 Å². The number of hydrogen-bond acceptors (Lipinski definition) is 6. The Balaban J connectivity index is 1.82. The summed E-state index contributed by atoms with van der Waals surface area (Å²) in [5.74, 6) is -1.54. The van der Waals surface area contributed by atoms with Gasteiger partial charge in [0.25, 0.3) is 0 Å². The molecule has 0 bridgehead atoms. The molecule has 0 radical (unpaired) electrons. The van der Waals surface area contributed by atoms with Gasteiger partial charge in [0.15, 0.2) is 18.1 Å². The highest BCUT2D eigenvalue weighted by Gasteiger charge is 2.29. The van der Waals surface area contributed by atoms with Gasteiger partial charge in [-0.15, -0.1) is 0 Å². The Kier molecular flexibility index (Phi) is 4.85. The van der Waals surface area contributed by atoms with Crippen LogP contribution in [0.1, 0.15) is 46.4 Å². The van der Waals surface area contributed by atoms with Crippen LogP contribution < -0.4 is 19.7 Å². The predicted octanol–water partition coefficient (Wildman–Crippen LogP) is 3.84. The fraction of sp³-hybridized carbons (Fsp3) is 0.480. The average molecular weight is 490 g/mol. The van der Waals surface area contributed by atoms with Gasteiger partial charge in [-0.25, -0.2) is 0 Å². The Bertz CT molecular complexity index is 1480. The van der Waals surface area contributed by atoms with E-state index in [1.54, 1.807) is 6.07 Å². The van der Waals surface area contributed by atoms with Crippen LogP contribution in [0.2, 0.25) is 0 Å². The molecule has 9 heteroatoms. The maximum atomic E-state index is 13.0. The van der Waals surface area contributed by atoms with Crippen molar-refractivity contribution in [1.29, 1.82) is 5.26 Å². The lowest BCUT2D eigenvalue weighted by Crippen LogP contribution is -2.32. The SMILES string of the molecule is [2H]C([2H])(O)C([2H])([2H])C([2H])([2H])N1CCc2cc(C[C@@H](C)NC([2H])([2H])C([2H])([2H])Oc3ccccc3OC([2H])([2H])C(F)(F)F)cc(C#N)c21. The van der Waals surface area contributed by atoms with Crippen molar-refractivity contribution in [2.24, 2.45) is 0 Å². The number of hydrogen-bond donors (Lipinski definition) is 2. The Labute approximate surface area is 214 Å². The molecular formula is C25H30F3N3O3. The van der Waals surface area contributed by atoms with E-state index in [0.29, 0.717) is 11.1 Å². The number of fused-ring (bicyclic) bond motifs is 1. The highest BCUT2D eigenvalue weighted by atomic mass is 19.4. The van der Waals surface area contributed by atoms with Crippen LogP contribution in [-0.2, 0) is 12.8 Å². The summed E-state index contributed by atoms with van der Waals surface area (Å²) in [5.41, 5.74) is 0.716. The molecule has 2 aromatic rings. The molecule has 0 fully saturated rings. The zero-order valence-corrected chi connectivity index (χ0v) is 18.0. The van der Waals surface area contributed by atoms with E-state index < -0.39 is 62.8 Å². The predicted molar refractivity (Wildman–Crippen MR) is 123 cm³/mol. The average Bonchev–Trinajstić information content (AvgIpc) is 3.32. The van der Waals surface area contributed by atoms with Crippen LogP contribution in [0.5, 0.6) is 11.5 Å². The number of nitriles is 1. The molecule has 6 nitrogen and oxygen atoms in total. The van der Waals surface area contributed by atoms with Gasteiger partial charge < -0.3 is 24.8 Å². The summed E-state index contributed by atoms with van der Waals surface area (Å²) in [7, 11) is 0. The molecule has 34 heavy (non-hydrogen) atoms. The smallest absolute Gasteiger partial charge is 0.422 e. The minimum absolute atomic E-state index is 0.000773. The van der Waals surface area contributed by atoms with Crippen LogP contribution >= 0.6 is 0 Å². The first-order chi connectivity index (χ1) is 20.7. The number of ether oxygens (including phenoxy) is 2. The lowest BCUT2D eigenvalue weighted by molar-refractivity contribution is -0.153. The minimum Gasteiger partial charge on any atom is -0.488 e. The number of alkyl halides is 3. The molecule has 0 amide bonds. The third-order valence-electron chi connectivity index (χ3n) is 4.69. The second-order valence-electron chi connectivity index (χ2n) is 7.24. The van der Waals surface area contributed by atoms with E-state index >= 15 is 0 Å². The molecule has 0 saturated carbocycles. The van der Waals surface area contributed by atoms with Crippen LogP contribution in [0.15, 0.2) is 36.4 Å². The van der Waals surface area contributed by atoms with Gasteiger partial charge in [0.2, 0.25) is 0 Å². The second kappa shape index (κ2) is 12.0. The monoisotopic (exact) mass is 489 g/mol. The molecule has 2 aromatic carbocycles. The van der Waals surface area contributed by atoms with Crippen molar-refractivity contribution >= 4 is 5.69 Å². The molecule has 1 aliphatic rings. The first-order valence-electron chi connectivity index (χ1n) is 16.1. The molecule has 1 atom stereocenters. The zero-order chi connectivity index (χ0) is 35.3. The molecule has 0 unspecified atom stereocenters. The molecular weight excluding hydrogens is 447 g/mol. The van der Waals surface area contributed by atoms with Gasteiger partial charge in [-0.1, -0.05) is 18.2 Å². The highest BCUT2D eigenvalue weighted by molar-refractivity contribution is 5.68. The minimum atomic E-state index is -5.44. The first kappa shape index (κ1) is 13.8. The second-order valence-corrected chi connectivity index (χ2v) is 7.24. The summed E-state index contributed by atoms with van der Waals surface area (Å²) in [4.78, 5) is 0.868. The number of aliphatic hydroxyl groups is 1. The summed E-state index contributed by atoms with van der Waals surface area (Å²) in [6.45, 7) is -15.8. The van der Waals surface area contributed by atoms with Gasteiger partial charge in [0.1, 0.15) is 12.6 Å². The highest BCUT2D eigenvalue weighted by Crippen LogP contribution is 2.33. The maximum Gasteiger partial charge on any atom is 0.422 e. The maximum absolute atomic E-state index is 13.0. The van der Waals surface area contributed by atoms with Gasteiger partial charge in [0, 0.05) is 40.4 Å². The quantitative estimate of drug-likeness (QED) is 0.472. The number of halogens is 3. The van der Waals surface area contributed by atoms with Crippen molar-refractivity contribution in [2.45, 2.75) is 38.4 Å². The Hall–Kier alpha value is -2.96. The van der Waals surface area contributed by atoms with Crippen LogP contribution in [0, 0.1) is 11.3 Å². The van der Waals surface area contributed by atoms with Crippen LogP contribution in [0.4, 0.5) is 18.9 Å². The molecule has 2 N–H and O–H groups in total. The number of nitrogens with zero attached hydrogens (tertiary/aromatic N) is 2. The standard InChI is InChI=1S/C25H30F3N3O3/c1-18(30-8-12-33-22-5-2-3-6-23(22)34-17-25(26,27)28)13-19-14-20-7-10-31(9-4-11-32)24(20)21(15-19)16-29/h2-3,5-6,14-15,18,30,32H,4,7-13,17H2,1H3/t18-/m1/s1/i4D2,8D2,9D2,11D2,12D2,17D2. The Morgan fingerprint density at radius 2 is 2.00 bits per heavy atom. The fourth-order valence-electron chi connectivity index (χ4n) is 3.39. The van der Waals surface area contributed by atoms with E-state index in [9.17, 15) is 23.5 Å². The first-order valence-corrected chi connectivity index (χ1v) is 10.1. The summed E-state index contributed by atoms with van der Waals surface area (Å²) in [6, 6.07) is 8.16. The van der Waals surface area contributed by atoms with E-state index in [2.05, 4.69) is 10.1 Å². The van der Waals surface area contributed by atoms with Crippen molar-refractivity contribution < 1.29 is 44.2 Å². The van der Waals surface area contributed by atoms with Gasteiger partial charge >= 0.3 is 6.18 Å². The van der Waals surface area contributed by atoms with Crippen molar-refractivity contribution in [3.8, 4) is 17.6 Å². The number of rotatable bonds is 12. The third kappa shape index (κ3) is 7.27. The summed E-state index contributed by atoms with van der Waals surface area (Å²) in [5, 5.41) is 21.9. The Morgan fingerprint density at radius 1 is 1.26 bits per heavy atom. The summed E-state index contributed by atoms with van der Waals surface area (Å²) >= 11 is 0. The van der Waals surface area contributed by atoms with E-state index in [0.717, 1.165) is 17.0 Å². The zero-order valence-electron chi connectivity index (χ0n) is 30.0. The molecule has 0 aliphatic carbocycles. The molecule has 184 valence electrons. The van der Waals surface area contributed by atoms with Crippen molar-refractivity contribution in [2.75, 3.05) is 44.1 Å².